The van der Waals surface area contributed by atoms with Gasteiger partial charge in [0.1, 0.15) is 11.8 Å². The highest BCUT2D eigenvalue weighted by Gasteiger charge is 2.24. The van der Waals surface area contributed by atoms with E-state index in [2.05, 4.69) is 5.10 Å². The Morgan fingerprint density at radius 3 is 2.81 bits per heavy atom. The van der Waals surface area contributed by atoms with E-state index in [1.807, 2.05) is 13.8 Å². The van der Waals surface area contributed by atoms with Gasteiger partial charge in [0.05, 0.1) is 11.2 Å². The molecule has 0 aliphatic carbocycles. The molecule has 90 valence electrons. The van der Waals surface area contributed by atoms with Crippen molar-refractivity contribution >= 4 is 17.4 Å². The topological polar surface area (TPSA) is 44.1 Å². The van der Waals surface area contributed by atoms with Crippen LogP contribution in [0.3, 0.4) is 0 Å². The lowest BCUT2D eigenvalue weighted by atomic mass is 10.1. The molecule has 1 atom stereocenters. The number of rotatable bonds is 6. The van der Waals surface area contributed by atoms with E-state index in [-0.39, 0.29) is 5.78 Å². The first-order valence-electron chi connectivity index (χ1n) is 5.43. The largest absolute Gasteiger partial charge is 0.373 e. The summed E-state index contributed by atoms with van der Waals surface area (Å²) in [5.74, 6) is -0.0892. The van der Waals surface area contributed by atoms with Crippen LogP contribution in [0.15, 0.2) is 6.20 Å². The third kappa shape index (κ3) is 2.62. The van der Waals surface area contributed by atoms with Crippen LogP contribution < -0.4 is 0 Å². The van der Waals surface area contributed by atoms with Gasteiger partial charge >= 0.3 is 0 Å². The van der Waals surface area contributed by atoms with E-state index < -0.39 is 6.10 Å². The molecule has 0 fully saturated rings. The van der Waals surface area contributed by atoms with E-state index in [9.17, 15) is 4.79 Å². The summed E-state index contributed by atoms with van der Waals surface area (Å²) in [7, 11) is 1.54. The lowest BCUT2D eigenvalue weighted by Crippen LogP contribution is -2.25. The van der Waals surface area contributed by atoms with E-state index in [0.717, 1.165) is 6.42 Å². The molecular formula is C11H17ClN2O2. The highest BCUT2D eigenvalue weighted by atomic mass is 35.5. The minimum Gasteiger partial charge on any atom is -0.373 e. The molecule has 0 aromatic carbocycles. The highest BCUT2D eigenvalue weighted by Crippen LogP contribution is 2.19. The summed E-state index contributed by atoms with van der Waals surface area (Å²) < 4.78 is 6.79. The molecule has 0 bridgehead atoms. The van der Waals surface area contributed by atoms with Gasteiger partial charge in [-0.25, -0.2) is 0 Å². The van der Waals surface area contributed by atoms with Crippen molar-refractivity contribution < 1.29 is 9.53 Å². The zero-order valence-electron chi connectivity index (χ0n) is 9.86. The number of hydrogen-bond donors (Lipinski definition) is 0. The number of aromatic nitrogens is 2. The van der Waals surface area contributed by atoms with E-state index in [1.165, 1.54) is 6.20 Å². The van der Waals surface area contributed by atoms with Crippen LogP contribution in [0.5, 0.6) is 0 Å². The van der Waals surface area contributed by atoms with Gasteiger partial charge in [-0.05, 0) is 13.3 Å². The lowest BCUT2D eigenvalue weighted by molar-refractivity contribution is 0.0568. The number of nitrogens with zero attached hydrogens (tertiary/aromatic N) is 2. The number of halogens is 1. The minimum absolute atomic E-state index is 0.0892. The molecule has 0 amide bonds. The maximum atomic E-state index is 12.2. The number of aryl methyl sites for hydroxylation is 1. The van der Waals surface area contributed by atoms with Crippen molar-refractivity contribution in [2.45, 2.75) is 39.3 Å². The van der Waals surface area contributed by atoms with Crippen molar-refractivity contribution in [1.82, 2.24) is 9.78 Å². The number of ether oxygens (including phenoxy) is 1. The van der Waals surface area contributed by atoms with Gasteiger partial charge < -0.3 is 4.74 Å². The van der Waals surface area contributed by atoms with E-state index in [4.69, 9.17) is 16.3 Å². The van der Waals surface area contributed by atoms with Gasteiger partial charge in [0.2, 0.25) is 5.78 Å². The van der Waals surface area contributed by atoms with Crippen molar-refractivity contribution in [3.05, 3.63) is 16.9 Å². The predicted molar refractivity (Wildman–Crippen MR) is 62.9 cm³/mol. The molecule has 0 spiro atoms. The molecule has 1 aromatic heterocycles. The van der Waals surface area contributed by atoms with Crippen LogP contribution in [-0.4, -0.2) is 28.8 Å². The number of Topliss-reactive ketones (excluding diaryl/α,β-unsaturated/α-hetero) is 1. The molecule has 1 aromatic rings. The molecule has 4 nitrogen and oxygen atoms in total. The summed E-state index contributed by atoms with van der Waals surface area (Å²) >= 11 is 5.96. The Hall–Kier alpha value is -0.870. The summed E-state index contributed by atoms with van der Waals surface area (Å²) in [4.78, 5) is 12.2. The quantitative estimate of drug-likeness (QED) is 0.723. The molecule has 0 aliphatic heterocycles. The second kappa shape index (κ2) is 6.01. The van der Waals surface area contributed by atoms with Crippen molar-refractivity contribution in [2.24, 2.45) is 0 Å². The van der Waals surface area contributed by atoms with Gasteiger partial charge in [0.25, 0.3) is 0 Å². The second-order valence-electron chi connectivity index (χ2n) is 3.53. The Balaban J connectivity index is 2.97. The van der Waals surface area contributed by atoms with Crippen LogP contribution in [0.25, 0.3) is 0 Å². The number of hydrogen-bond acceptors (Lipinski definition) is 3. The zero-order chi connectivity index (χ0) is 12.1. The maximum absolute atomic E-state index is 12.2. The standard InChI is InChI=1S/C11H17ClN2O2/c1-4-6-9(16-3)11(15)10-8(12)7-13-14(10)5-2/h7,9H,4-6H2,1-3H3. The Labute approximate surface area is 101 Å². The fourth-order valence-electron chi connectivity index (χ4n) is 1.62. The smallest absolute Gasteiger partial charge is 0.211 e. The van der Waals surface area contributed by atoms with Crippen LogP contribution >= 0.6 is 11.6 Å². The Kier molecular flexibility index (Phi) is 4.96. The second-order valence-corrected chi connectivity index (χ2v) is 3.94. The summed E-state index contributed by atoms with van der Waals surface area (Å²) in [6, 6.07) is 0. The van der Waals surface area contributed by atoms with Crippen LogP contribution in [0, 0.1) is 0 Å². The van der Waals surface area contributed by atoms with Crippen LogP contribution in [0.4, 0.5) is 0 Å². The summed E-state index contributed by atoms with van der Waals surface area (Å²) in [6.07, 6.45) is 2.66. The van der Waals surface area contributed by atoms with Crippen molar-refractivity contribution in [2.75, 3.05) is 7.11 Å². The molecule has 0 radical (unpaired) electrons. The monoisotopic (exact) mass is 244 g/mol. The van der Waals surface area contributed by atoms with Gasteiger partial charge in [0.15, 0.2) is 0 Å². The van der Waals surface area contributed by atoms with E-state index in [0.29, 0.717) is 23.7 Å². The average molecular weight is 245 g/mol. The maximum Gasteiger partial charge on any atom is 0.211 e. The molecular weight excluding hydrogens is 228 g/mol. The lowest BCUT2D eigenvalue weighted by Gasteiger charge is -2.13. The minimum atomic E-state index is -0.426. The summed E-state index contributed by atoms with van der Waals surface area (Å²) in [5, 5.41) is 4.43. The molecule has 0 saturated carbocycles. The number of carbonyl (C=O) groups is 1. The first kappa shape index (κ1) is 13.2. The predicted octanol–water partition coefficient (Wildman–Crippen LogP) is 2.55. The highest BCUT2D eigenvalue weighted by molar-refractivity contribution is 6.33. The van der Waals surface area contributed by atoms with Crippen molar-refractivity contribution in [3.63, 3.8) is 0 Å². The molecule has 5 heteroatoms. The van der Waals surface area contributed by atoms with Crippen molar-refractivity contribution in [3.8, 4) is 0 Å². The number of ketones is 1. The third-order valence-corrected chi connectivity index (χ3v) is 2.73. The first-order valence-corrected chi connectivity index (χ1v) is 5.81. The van der Waals surface area contributed by atoms with Crippen LogP contribution in [0.1, 0.15) is 37.2 Å². The Bertz CT molecular complexity index is 363. The molecule has 0 saturated heterocycles. The van der Waals surface area contributed by atoms with Gasteiger partial charge in [0, 0.05) is 13.7 Å². The zero-order valence-corrected chi connectivity index (χ0v) is 10.6. The molecule has 0 aliphatic rings. The molecule has 1 rings (SSSR count). The average Bonchev–Trinajstić information content (AvgIpc) is 2.66. The fraction of sp³-hybridized carbons (Fsp3) is 0.636. The Morgan fingerprint density at radius 1 is 1.62 bits per heavy atom. The summed E-state index contributed by atoms with van der Waals surface area (Å²) in [6.45, 7) is 4.55. The summed E-state index contributed by atoms with van der Waals surface area (Å²) in [5.41, 5.74) is 0.449. The van der Waals surface area contributed by atoms with Gasteiger partial charge in [-0.1, -0.05) is 24.9 Å². The third-order valence-electron chi connectivity index (χ3n) is 2.46. The normalized spacial score (nSPS) is 12.8. The molecule has 1 heterocycles. The van der Waals surface area contributed by atoms with E-state index in [1.54, 1.807) is 11.8 Å². The molecule has 1 unspecified atom stereocenters. The van der Waals surface area contributed by atoms with Crippen LogP contribution in [-0.2, 0) is 11.3 Å². The van der Waals surface area contributed by atoms with Gasteiger partial charge in [-0.3, -0.25) is 9.48 Å². The van der Waals surface area contributed by atoms with Gasteiger partial charge in [-0.15, -0.1) is 0 Å². The molecule has 16 heavy (non-hydrogen) atoms. The number of methoxy groups -OCH3 is 1. The fourth-order valence-corrected chi connectivity index (χ4v) is 1.85. The first-order chi connectivity index (χ1) is 7.65. The van der Waals surface area contributed by atoms with Crippen LogP contribution in [0.2, 0.25) is 5.02 Å². The van der Waals surface area contributed by atoms with Crippen molar-refractivity contribution in [1.29, 1.82) is 0 Å². The molecule has 0 N–H and O–H groups in total. The SMILES string of the molecule is CCCC(OC)C(=O)c1c(Cl)cnn1CC. The van der Waals surface area contributed by atoms with Gasteiger partial charge in [-0.2, -0.15) is 5.10 Å². The number of carbonyl (C=O) groups excluding carboxylic acids is 1. The Morgan fingerprint density at radius 2 is 2.31 bits per heavy atom. The van der Waals surface area contributed by atoms with E-state index >= 15 is 0 Å².